The summed E-state index contributed by atoms with van der Waals surface area (Å²) < 4.78 is 16.8. The van der Waals surface area contributed by atoms with Crippen LogP contribution >= 0.6 is 24.0 Å². The Morgan fingerprint density at radius 3 is 2.64 bits per heavy atom. The van der Waals surface area contributed by atoms with Crippen molar-refractivity contribution < 1.29 is 14.2 Å². The normalized spacial score (nSPS) is 17.8. The maximum atomic E-state index is 5.66. The van der Waals surface area contributed by atoms with E-state index in [9.17, 15) is 0 Å². The highest BCUT2D eigenvalue weighted by Gasteiger charge is 2.35. The molecule has 28 heavy (non-hydrogen) atoms. The van der Waals surface area contributed by atoms with E-state index in [2.05, 4.69) is 43.2 Å². The summed E-state index contributed by atoms with van der Waals surface area (Å²) in [5, 5.41) is 3.44. The summed E-state index contributed by atoms with van der Waals surface area (Å²) in [6.45, 7) is 8.81. The molecule has 0 aliphatic carbocycles. The molecule has 1 fully saturated rings. The van der Waals surface area contributed by atoms with Gasteiger partial charge in [0, 0.05) is 38.8 Å². The molecule has 2 aliphatic heterocycles. The molecule has 7 heteroatoms. The lowest BCUT2D eigenvalue weighted by Gasteiger charge is -2.37. The lowest BCUT2D eigenvalue weighted by molar-refractivity contribution is 0.0529. The third kappa shape index (κ3) is 5.43. The fourth-order valence-electron chi connectivity index (χ4n) is 3.72. The minimum atomic E-state index is -0.0223. The zero-order valence-corrected chi connectivity index (χ0v) is 19.7. The molecule has 0 aromatic heterocycles. The average molecular weight is 503 g/mol. The first-order chi connectivity index (χ1) is 13.2. The number of hydrogen-bond acceptors (Lipinski definition) is 4. The van der Waals surface area contributed by atoms with Crippen LogP contribution in [0.4, 0.5) is 0 Å². The van der Waals surface area contributed by atoms with Gasteiger partial charge in [-0.05, 0) is 43.9 Å². The Morgan fingerprint density at radius 2 is 1.93 bits per heavy atom. The lowest BCUT2D eigenvalue weighted by atomic mass is 9.74. The molecule has 158 valence electrons. The van der Waals surface area contributed by atoms with E-state index in [1.807, 2.05) is 6.07 Å². The number of hydrogen-bond donors (Lipinski definition) is 1. The minimum Gasteiger partial charge on any atom is -0.454 e. The van der Waals surface area contributed by atoms with Crippen LogP contribution in [-0.2, 0) is 10.2 Å². The van der Waals surface area contributed by atoms with E-state index < -0.39 is 0 Å². The molecule has 1 saturated heterocycles. The summed E-state index contributed by atoms with van der Waals surface area (Å²) >= 11 is 0. The van der Waals surface area contributed by atoms with Crippen LogP contribution in [0.25, 0.3) is 0 Å². The van der Waals surface area contributed by atoms with Gasteiger partial charge in [0.05, 0.1) is 6.54 Å². The number of aliphatic imine (C=N–C) groups is 1. The molecular weight excluding hydrogens is 469 g/mol. The summed E-state index contributed by atoms with van der Waals surface area (Å²) in [5.74, 6) is 2.66. The van der Waals surface area contributed by atoms with Crippen molar-refractivity contribution in [1.29, 1.82) is 0 Å². The smallest absolute Gasteiger partial charge is 0.231 e. The summed E-state index contributed by atoms with van der Waals surface area (Å²) in [5.41, 5.74) is 1.25. The second-order valence-corrected chi connectivity index (χ2v) is 7.41. The Hall–Kier alpha value is -1.22. The van der Waals surface area contributed by atoms with Crippen LogP contribution in [-0.4, -0.2) is 57.5 Å². The van der Waals surface area contributed by atoms with Crippen LogP contribution < -0.4 is 14.8 Å². The van der Waals surface area contributed by atoms with Gasteiger partial charge >= 0.3 is 0 Å². The Balaban J connectivity index is 0.00000280. The fraction of sp³-hybridized carbons (Fsp3) is 0.667. The number of nitrogens with zero attached hydrogens (tertiary/aromatic N) is 2. The van der Waals surface area contributed by atoms with Crippen molar-refractivity contribution in [2.24, 2.45) is 4.99 Å². The van der Waals surface area contributed by atoms with Crippen LogP contribution in [0, 0.1) is 0 Å². The van der Waals surface area contributed by atoms with E-state index in [-0.39, 0.29) is 29.4 Å². The molecule has 0 spiro atoms. The van der Waals surface area contributed by atoms with Gasteiger partial charge in [0.1, 0.15) is 0 Å². The van der Waals surface area contributed by atoms with Crippen molar-refractivity contribution >= 4 is 29.9 Å². The number of benzene rings is 1. The number of nitrogens with one attached hydrogen (secondary N) is 1. The molecule has 0 saturated carbocycles. The van der Waals surface area contributed by atoms with E-state index in [0.29, 0.717) is 6.79 Å². The maximum absolute atomic E-state index is 5.66. The topological polar surface area (TPSA) is 55.3 Å². The number of guanidine groups is 1. The van der Waals surface area contributed by atoms with Gasteiger partial charge in [-0.3, -0.25) is 4.99 Å². The molecule has 6 nitrogen and oxygen atoms in total. The second-order valence-electron chi connectivity index (χ2n) is 7.41. The molecule has 0 amide bonds. The molecule has 0 radical (unpaired) electrons. The zero-order valence-electron chi connectivity index (χ0n) is 17.3. The van der Waals surface area contributed by atoms with Crippen molar-refractivity contribution in [1.82, 2.24) is 10.2 Å². The SMILES string of the molecule is CCCCN(C)C(=NCC1(c2ccc3c(c2)OCO3)CCOCC1)NCC.I. The van der Waals surface area contributed by atoms with Gasteiger partial charge in [0.15, 0.2) is 17.5 Å². The Bertz CT molecular complexity index is 648. The van der Waals surface area contributed by atoms with Crippen LogP contribution in [0.15, 0.2) is 23.2 Å². The highest BCUT2D eigenvalue weighted by Crippen LogP contribution is 2.41. The summed E-state index contributed by atoms with van der Waals surface area (Å²) in [4.78, 5) is 7.27. The first kappa shape index (κ1) is 23.1. The van der Waals surface area contributed by atoms with Crippen LogP contribution in [0.3, 0.4) is 0 Å². The van der Waals surface area contributed by atoms with E-state index >= 15 is 0 Å². The van der Waals surface area contributed by atoms with Gasteiger partial charge in [-0.1, -0.05) is 19.4 Å². The first-order valence-electron chi connectivity index (χ1n) is 10.2. The molecule has 1 N–H and O–H groups in total. The fourth-order valence-corrected chi connectivity index (χ4v) is 3.72. The molecule has 1 aromatic rings. The summed E-state index contributed by atoms with van der Waals surface area (Å²) in [6, 6.07) is 6.33. The zero-order chi connectivity index (χ0) is 19.1. The largest absolute Gasteiger partial charge is 0.454 e. The van der Waals surface area contributed by atoms with Gasteiger partial charge in [0.25, 0.3) is 0 Å². The number of ether oxygens (including phenoxy) is 3. The lowest BCUT2D eigenvalue weighted by Crippen LogP contribution is -2.42. The summed E-state index contributed by atoms with van der Waals surface area (Å²) in [7, 11) is 2.12. The maximum Gasteiger partial charge on any atom is 0.231 e. The third-order valence-electron chi connectivity index (χ3n) is 5.51. The Morgan fingerprint density at radius 1 is 1.18 bits per heavy atom. The standard InChI is InChI=1S/C21H33N3O3.HI/c1-4-6-11-24(3)20(22-5-2)23-15-21(9-12-25-13-10-21)17-7-8-18-19(14-17)27-16-26-18;/h7-8,14H,4-6,9-13,15-16H2,1-3H3,(H,22,23);1H. The van der Waals surface area contributed by atoms with Crippen molar-refractivity contribution in [3.8, 4) is 11.5 Å². The van der Waals surface area contributed by atoms with Gasteiger partial charge in [-0.2, -0.15) is 0 Å². The second kappa shape index (κ2) is 11.1. The number of fused-ring (bicyclic) bond motifs is 1. The molecule has 3 rings (SSSR count). The van der Waals surface area contributed by atoms with E-state index in [1.54, 1.807) is 0 Å². The molecule has 0 unspecified atom stereocenters. The highest BCUT2D eigenvalue weighted by atomic mass is 127. The third-order valence-corrected chi connectivity index (χ3v) is 5.51. The molecule has 0 atom stereocenters. The Kier molecular flexibility index (Phi) is 9.14. The quantitative estimate of drug-likeness (QED) is 0.349. The molecule has 2 aliphatic rings. The number of halogens is 1. The van der Waals surface area contributed by atoms with E-state index in [0.717, 1.165) is 63.1 Å². The van der Waals surface area contributed by atoms with Crippen molar-refractivity contribution in [2.75, 3.05) is 46.7 Å². The molecule has 2 heterocycles. The van der Waals surface area contributed by atoms with Crippen LogP contribution in [0.2, 0.25) is 0 Å². The molecule has 0 bridgehead atoms. The highest BCUT2D eigenvalue weighted by molar-refractivity contribution is 14.0. The predicted octanol–water partition coefficient (Wildman–Crippen LogP) is 3.78. The first-order valence-corrected chi connectivity index (χ1v) is 10.2. The van der Waals surface area contributed by atoms with Crippen LogP contribution in [0.1, 0.15) is 45.1 Å². The van der Waals surface area contributed by atoms with Crippen molar-refractivity contribution in [2.45, 2.75) is 44.9 Å². The van der Waals surface area contributed by atoms with E-state index in [1.165, 1.54) is 18.4 Å². The van der Waals surface area contributed by atoms with Gasteiger partial charge in [-0.25, -0.2) is 0 Å². The van der Waals surface area contributed by atoms with E-state index in [4.69, 9.17) is 19.2 Å². The van der Waals surface area contributed by atoms with Gasteiger partial charge in [-0.15, -0.1) is 24.0 Å². The number of rotatable bonds is 7. The molecular formula is C21H34IN3O3. The summed E-state index contributed by atoms with van der Waals surface area (Å²) in [6.07, 6.45) is 4.28. The van der Waals surface area contributed by atoms with Crippen molar-refractivity contribution in [3.05, 3.63) is 23.8 Å². The average Bonchev–Trinajstić information content (AvgIpc) is 3.18. The number of unbranched alkanes of at least 4 members (excludes halogenated alkanes) is 1. The molecule has 1 aromatic carbocycles. The van der Waals surface area contributed by atoms with Crippen LogP contribution in [0.5, 0.6) is 11.5 Å². The van der Waals surface area contributed by atoms with Crippen molar-refractivity contribution in [3.63, 3.8) is 0 Å². The Labute approximate surface area is 186 Å². The predicted molar refractivity (Wildman–Crippen MR) is 123 cm³/mol. The minimum absolute atomic E-state index is 0. The monoisotopic (exact) mass is 503 g/mol. The van der Waals surface area contributed by atoms with Gasteiger partial charge in [0.2, 0.25) is 6.79 Å². The van der Waals surface area contributed by atoms with Gasteiger partial charge < -0.3 is 24.4 Å².